The lowest BCUT2D eigenvalue weighted by Gasteiger charge is -2.12. The number of carbonyl (C=O) groups is 2. The van der Waals surface area contributed by atoms with E-state index in [4.69, 9.17) is 11.6 Å². The fourth-order valence-electron chi connectivity index (χ4n) is 3.20. The van der Waals surface area contributed by atoms with E-state index >= 15 is 0 Å². The van der Waals surface area contributed by atoms with E-state index in [1.165, 1.54) is 0 Å². The van der Waals surface area contributed by atoms with Gasteiger partial charge in [0, 0.05) is 40.8 Å². The summed E-state index contributed by atoms with van der Waals surface area (Å²) in [6.45, 7) is 5.22. The molecule has 2 amide bonds. The summed E-state index contributed by atoms with van der Waals surface area (Å²) in [5, 5.41) is 4.61. The molecule has 0 spiro atoms. The number of aromatic nitrogens is 1. The quantitative estimate of drug-likeness (QED) is 0.511. The molecule has 0 unspecified atom stereocenters. The molecule has 2 heterocycles. The van der Waals surface area contributed by atoms with Crippen LogP contribution in [0.25, 0.3) is 5.69 Å². The number of hydrazone groups is 1. The summed E-state index contributed by atoms with van der Waals surface area (Å²) in [6, 6.07) is 9.56. The molecule has 1 aliphatic heterocycles. The van der Waals surface area contributed by atoms with Crippen LogP contribution in [0, 0.1) is 13.8 Å². The normalized spacial score (nSPS) is 14.2. The predicted octanol–water partition coefficient (Wildman–Crippen LogP) is 2.82. The number of likely N-dealkylation sites (tertiary alicyclic amines) is 1. The average molecular weight is 373 g/mol. The smallest absolute Gasteiger partial charge is 0.329 e. The van der Waals surface area contributed by atoms with Gasteiger partial charge in [0.2, 0.25) is 0 Å². The second-order valence-electron chi connectivity index (χ2n) is 6.34. The van der Waals surface area contributed by atoms with Crippen molar-refractivity contribution < 1.29 is 9.59 Å². The lowest BCUT2D eigenvalue weighted by atomic mass is 10.2. The summed E-state index contributed by atoms with van der Waals surface area (Å²) in [5.74, 6) is -1.23. The molecule has 1 aromatic heterocycles. The average Bonchev–Trinajstić information content (AvgIpc) is 3.23. The number of carbonyl (C=O) groups excluding carboxylic acids is 2. The largest absolute Gasteiger partial charge is 0.334 e. The summed E-state index contributed by atoms with van der Waals surface area (Å²) >= 11 is 6.09. The van der Waals surface area contributed by atoms with Crippen LogP contribution in [0.15, 0.2) is 35.4 Å². The van der Waals surface area contributed by atoms with Crippen molar-refractivity contribution in [2.45, 2.75) is 26.7 Å². The molecule has 1 fully saturated rings. The van der Waals surface area contributed by atoms with Gasteiger partial charge in [0.15, 0.2) is 0 Å². The third kappa shape index (κ3) is 3.80. The number of nitrogens with one attached hydrogen (secondary N) is 1. The molecular weight excluding hydrogens is 352 g/mol. The Bertz CT molecular complexity index is 866. The molecule has 1 N–H and O–H groups in total. The van der Waals surface area contributed by atoms with Crippen LogP contribution in [0.1, 0.15) is 29.8 Å². The maximum Gasteiger partial charge on any atom is 0.329 e. The van der Waals surface area contributed by atoms with Gasteiger partial charge in [-0.05, 0) is 51.0 Å². The number of rotatable bonds is 3. The maximum absolute atomic E-state index is 12.0. The summed E-state index contributed by atoms with van der Waals surface area (Å²) in [5.41, 5.74) is 6.12. The Morgan fingerprint density at radius 3 is 2.62 bits per heavy atom. The van der Waals surface area contributed by atoms with Gasteiger partial charge in [-0.2, -0.15) is 5.10 Å². The summed E-state index contributed by atoms with van der Waals surface area (Å²) in [7, 11) is 0. The Morgan fingerprint density at radius 1 is 1.19 bits per heavy atom. The van der Waals surface area contributed by atoms with Gasteiger partial charge in [-0.25, -0.2) is 5.43 Å². The van der Waals surface area contributed by atoms with Gasteiger partial charge < -0.3 is 9.47 Å². The number of nitrogens with zero attached hydrogens (tertiary/aromatic N) is 3. The van der Waals surface area contributed by atoms with Crippen molar-refractivity contribution in [3.63, 3.8) is 0 Å². The first-order chi connectivity index (χ1) is 12.5. The molecule has 6 nitrogen and oxygen atoms in total. The van der Waals surface area contributed by atoms with E-state index in [-0.39, 0.29) is 0 Å². The van der Waals surface area contributed by atoms with Crippen LogP contribution in [0.5, 0.6) is 0 Å². The molecule has 0 aliphatic carbocycles. The maximum atomic E-state index is 12.0. The van der Waals surface area contributed by atoms with Gasteiger partial charge in [0.05, 0.1) is 6.21 Å². The number of aryl methyl sites for hydroxylation is 1. The lowest BCUT2D eigenvalue weighted by molar-refractivity contribution is -0.145. The second-order valence-corrected chi connectivity index (χ2v) is 6.78. The predicted molar refractivity (Wildman–Crippen MR) is 102 cm³/mol. The van der Waals surface area contributed by atoms with E-state index in [1.54, 1.807) is 11.1 Å². The van der Waals surface area contributed by atoms with Crippen LogP contribution in [0.4, 0.5) is 0 Å². The highest BCUT2D eigenvalue weighted by molar-refractivity contribution is 6.35. The Labute approximate surface area is 157 Å². The molecule has 0 radical (unpaired) electrons. The van der Waals surface area contributed by atoms with Crippen LogP contribution < -0.4 is 5.43 Å². The van der Waals surface area contributed by atoms with E-state index < -0.39 is 11.8 Å². The van der Waals surface area contributed by atoms with Crippen molar-refractivity contribution in [2.24, 2.45) is 5.10 Å². The van der Waals surface area contributed by atoms with Crippen molar-refractivity contribution >= 4 is 29.6 Å². The number of halogens is 1. The van der Waals surface area contributed by atoms with E-state index in [1.807, 2.05) is 44.2 Å². The molecule has 0 saturated carbocycles. The van der Waals surface area contributed by atoms with Gasteiger partial charge in [-0.3, -0.25) is 9.59 Å². The van der Waals surface area contributed by atoms with Crippen LogP contribution >= 0.6 is 11.6 Å². The standard InChI is InChI=1S/C19H21ClN4O2/c1-13-10-15(14(2)24(13)17-7-5-6-16(20)11-17)12-21-22-18(25)19(26)23-8-3-4-9-23/h5-7,10-12H,3-4,8-9H2,1-2H3,(H,22,25)/b21-12-. The first-order valence-electron chi connectivity index (χ1n) is 8.54. The number of hydrogen-bond donors (Lipinski definition) is 1. The van der Waals surface area contributed by atoms with Crippen LogP contribution in [-0.2, 0) is 9.59 Å². The minimum absolute atomic E-state index is 0.524. The van der Waals surface area contributed by atoms with E-state index in [0.29, 0.717) is 18.1 Å². The summed E-state index contributed by atoms with van der Waals surface area (Å²) in [6.07, 6.45) is 3.44. The van der Waals surface area contributed by atoms with Gasteiger partial charge in [0.25, 0.3) is 0 Å². The topological polar surface area (TPSA) is 66.7 Å². The second kappa shape index (κ2) is 7.74. The Kier molecular flexibility index (Phi) is 5.42. The third-order valence-electron chi connectivity index (χ3n) is 4.49. The zero-order valence-corrected chi connectivity index (χ0v) is 15.6. The third-order valence-corrected chi connectivity index (χ3v) is 4.73. The van der Waals surface area contributed by atoms with Crippen LogP contribution in [0.2, 0.25) is 5.02 Å². The Hall–Kier alpha value is -2.60. The minimum Gasteiger partial charge on any atom is -0.334 e. The first-order valence-corrected chi connectivity index (χ1v) is 8.92. The molecule has 1 aromatic carbocycles. The fourth-order valence-corrected chi connectivity index (χ4v) is 3.39. The molecule has 7 heteroatoms. The molecular formula is C19H21ClN4O2. The highest BCUT2D eigenvalue weighted by Crippen LogP contribution is 2.22. The molecule has 1 aliphatic rings. The van der Waals surface area contributed by atoms with E-state index in [9.17, 15) is 9.59 Å². The number of amides is 2. The zero-order valence-electron chi connectivity index (χ0n) is 14.8. The number of hydrogen-bond acceptors (Lipinski definition) is 3. The lowest BCUT2D eigenvalue weighted by Crippen LogP contribution is -2.39. The van der Waals surface area contributed by atoms with Crippen molar-refractivity contribution in [3.8, 4) is 5.69 Å². The molecule has 0 atom stereocenters. The molecule has 0 bridgehead atoms. The first kappa shape index (κ1) is 18.2. The Balaban J connectivity index is 1.72. The summed E-state index contributed by atoms with van der Waals surface area (Å²) < 4.78 is 2.06. The van der Waals surface area contributed by atoms with E-state index in [0.717, 1.165) is 35.5 Å². The van der Waals surface area contributed by atoms with Gasteiger partial charge in [-0.1, -0.05) is 17.7 Å². The monoisotopic (exact) mass is 372 g/mol. The van der Waals surface area contributed by atoms with Gasteiger partial charge >= 0.3 is 11.8 Å². The molecule has 136 valence electrons. The number of benzene rings is 1. The molecule has 2 aromatic rings. The van der Waals surface area contributed by atoms with Crippen molar-refractivity contribution in [2.75, 3.05) is 13.1 Å². The van der Waals surface area contributed by atoms with Crippen molar-refractivity contribution in [1.29, 1.82) is 0 Å². The highest BCUT2D eigenvalue weighted by atomic mass is 35.5. The van der Waals surface area contributed by atoms with Gasteiger partial charge in [0.1, 0.15) is 0 Å². The van der Waals surface area contributed by atoms with E-state index in [2.05, 4.69) is 15.1 Å². The Morgan fingerprint density at radius 2 is 1.92 bits per heavy atom. The van der Waals surface area contributed by atoms with Crippen molar-refractivity contribution in [3.05, 3.63) is 52.3 Å². The SMILES string of the molecule is Cc1cc(/C=N\NC(=O)C(=O)N2CCCC2)c(C)n1-c1cccc(Cl)c1. The van der Waals surface area contributed by atoms with Crippen LogP contribution in [0.3, 0.4) is 0 Å². The highest BCUT2D eigenvalue weighted by Gasteiger charge is 2.24. The van der Waals surface area contributed by atoms with Gasteiger partial charge in [-0.15, -0.1) is 0 Å². The zero-order chi connectivity index (χ0) is 18.7. The molecule has 26 heavy (non-hydrogen) atoms. The van der Waals surface area contributed by atoms with Crippen LogP contribution in [-0.4, -0.2) is 40.6 Å². The summed E-state index contributed by atoms with van der Waals surface area (Å²) in [4.78, 5) is 25.4. The molecule has 1 saturated heterocycles. The molecule has 3 rings (SSSR count). The van der Waals surface area contributed by atoms with Crippen molar-refractivity contribution in [1.82, 2.24) is 14.9 Å². The minimum atomic E-state index is -0.702. The fraction of sp³-hybridized carbons (Fsp3) is 0.316.